The van der Waals surface area contributed by atoms with E-state index in [2.05, 4.69) is 0 Å². The van der Waals surface area contributed by atoms with Crippen LogP contribution in [0.2, 0.25) is 5.02 Å². The zero-order chi connectivity index (χ0) is 12.5. The highest BCUT2D eigenvalue weighted by molar-refractivity contribution is 7.86. The molecule has 0 aromatic heterocycles. The molecular formula is C12H8ClFO2S. The summed E-state index contributed by atoms with van der Waals surface area (Å²) in [7, 11) is -4.79. The Hall–Kier alpha value is -1.39. The second kappa shape index (κ2) is 4.47. The van der Waals surface area contributed by atoms with E-state index in [0.29, 0.717) is 11.1 Å². The third kappa shape index (κ3) is 2.65. The summed E-state index contributed by atoms with van der Waals surface area (Å²) in [6.45, 7) is 0. The SMILES string of the molecule is O=S(=O)(F)c1cc(Cl)ccc1-c1ccccc1. The Morgan fingerprint density at radius 1 is 1.00 bits per heavy atom. The van der Waals surface area contributed by atoms with Crippen LogP contribution in [0.25, 0.3) is 11.1 Å². The lowest BCUT2D eigenvalue weighted by Gasteiger charge is -2.06. The van der Waals surface area contributed by atoms with Crippen LogP contribution < -0.4 is 0 Å². The van der Waals surface area contributed by atoms with Gasteiger partial charge in [-0.3, -0.25) is 0 Å². The van der Waals surface area contributed by atoms with Gasteiger partial charge in [-0.05, 0) is 17.7 Å². The fraction of sp³-hybridized carbons (Fsp3) is 0. The number of hydrogen-bond donors (Lipinski definition) is 0. The summed E-state index contributed by atoms with van der Waals surface area (Å²) in [4.78, 5) is -0.406. The molecule has 0 N–H and O–H groups in total. The third-order valence-corrected chi connectivity index (χ3v) is 3.39. The molecule has 2 aromatic carbocycles. The molecule has 0 atom stereocenters. The Morgan fingerprint density at radius 2 is 1.65 bits per heavy atom. The van der Waals surface area contributed by atoms with Crippen LogP contribution in [0, 0.1) is 0 Å². The number of rotatable bonds is 2. The van der Waals surface area contributed by atoms with Crippen LogP contribution in [0.15, 0.2) is 53.4 Å². The lowest BCUT2D eigenvalue weighted by Crippen LogP contribution is -1.95. The molecule has 2 aromatic rings. The minimum absolute atomic E-state index is 0.181. The van der Waals surface area contributed by atoms with Crippen molar-refractivity contribution in [3.05, 3.63) is 53.6 Å². The molecule has 17 heavy (non-hydrogen) atoms. The Labute approximate surface area is 104 Å². The number of hydrogen-bond acceptors (Lipinski definition) is 2. The fourth-order valence-corrected chi connectivity index (χ4v) is 2.51. The van der Waals surface area contributed by atoms with Gasteiger partial charge in [0.2, 0.25) is 0 Å². The van der Waals surface area contributed by atoms with E-state index in [1.54, 1.807) is 30.3 Å². The molecule has 0 amide bonds. The van der Waals surface area contributed by atoms with E-state index in [9.17, 15) is 12.3 Å². The summed E-state index contributed by atoms with van der Waals surface area (Å²) >= 11 is 5.68. The molecule has 2 nitrogen and oxygen atoms in total. The van der Waals surface area contributed by atoms with Gasteiger partial charge in [-0.25, -0.2) is 0 Å². The highest BCUT2D eigenvalue weighted by Crippen LogP contribution is 2.30. The third-order valence-electron chi connectivity index (χ3n) is 2.29. The van der Waals surface area contributed by atoms with Gasteiger partial charge in [-0.2, -0.15) is 8.42 Å². The van der Waals surface area contributed by atoms with Crippen LogP contribution in [0.4, 0.5) is 3.89 Å². The second-order valence-electron chi connectivity index (χ2n) is 3.44. The molecule has 0 aliphatic rings. The molecule has 0 spiro atoms. The van der Waals surface area contributed by atoms with Crippen molar-refractivity contribution in [3.8, 4) is 11.1 Å². The Morgan fingerprint density at radius 3 is 2.24 bits per heavy atom. The van der Waals surface area contributed by atoms with Crippen molar-refractivity contribution < 1.29 is 12.3 Å². The summed E-state index contributed by atoms with van der Waals surface area (Å²) in [6, 6.07) is 12.8. The van der Waals surface area contributed by atoms with Crippen molar-refractivity contribution >= 4 is 21.8 Å². The predicted molar refractivity (Wildman–Crippen MR) is 65.2 cm³/mol. The van der Waals surface area contributed by atoms with Crippen LogP contribution in [0.5, 0.6) is 0 Å². The smallest absolute Gasteiger partial charge is 0.189 e. The fourth-order valence-electron chi connectivity index (χ4n) is 1.55. The molecule has 0 aliphatic carbocycles. The van der Waals surface area contributed by atoms with E-state index in [4.69, 9.17) is 11.6 Å². The first kappa shape index (κ1) is 12.1. The van der Waals surface area contributed by atoms with Crippen LogP contribution in [-0.2, 0) is 10.2 Å². The van der Waals surface area contributed by atoms with Crippen molar-refractivity contribution in [2.24, 2.45) is 0 Å². The maximum absolute atomic E-state index is 13.2. The average molecular weight is 271 g/mol. The van der Waals surface area contributed by atoms with Crippen LogP contribution >= 0.6 is 11.6 Å². The lowest BCUT2D eigenvalue weighted by molar-refractivity contribution is 0.552. The first-order chi connectivity index (χ1) is 7.98. The van der Waals surface area contributed by atoms with Gasteiger partial charge in [0.05, 0.1) is 0 Å². The van der Waals surface area contributed by atoms with Gasteiger partial charge in [-0.1, -0.05) is 48.0 Å². The topological polar surface area (TPSA) is 34.1 Å². The summed E-state index contributed by atoms with van der Waals surface area (Å²) in [5.41, 5.74) is 0.929. The summed E-state index contributed by atoms with van der Waals surface area (Å²) < 4.78 is 35.3. The van der Waals surface area contributed by atoms with E-state index in [1.807, 2.05) is 0 Å². The maximum Gasteiger partial charge on any atom is 0.332 e. The second-order valence-corrected chi connectivity index (χ2v) is 5.20. The van der Waals surface area contributed by atoms with Gasteiger partial charge in [0.1, 0.15) is 4.90 Å². The van der Waals surface area contributed by atoms with E-state index < -0.39 is 15.1 Å². The van der Waals surface area contributed by atoms with Crippen molar-refractivity contribution in [1.29, 1.82) is 0 Å². The van der Waals surface area contributed by atoms with E-state index in [1.165, 1.54) is 12.1 Å². The molecule has 5 heteroatoms. The summed E-state index contributed by atoms with van der Waals surface area (Å²) in [5, 5.41) is 0.181. The zero-order valence-corrected chi connectivity index (χ0v) is 10.2. The molecule has 0 bridgehead atoms. The first-order valence-electron chi connectivity index (χ1n) is 4.78. The molecule has 0 unspecified atom stereocenters. The molecule has 0 saturated carbocycles. The lowest BCUT2D eigenvalue weighted by atomic mass is 10.1. The van der Waals surface area contributed by atoms with Gasteiger partial charge in [0.25, 0.3) is 0 Å². The highest BCUT2D eigenvalue weighted by Gasteiger charge is 2.18. The van der Waals surface area contributed by atoms with Crippen molar-refractivity contribution in [3.63, 3.8) is 0 Å². The van der Waals surface area contributed by atoms with Crippen molar-refractivity contribution in [2.45, 2.75) is 4.90 Å². The minimum Gasteiger partial charge on any atom is -0.189 e. The maximum atomic E-state index is 13.2. The normalized spacial score (nSPS) is 11.4. The molecule has 0 radical (unpaired) electrons. The van der Waals surface area contributed by atoms with E-state index in [-0.39, 0.29) is 5.02 Å². The van der Waals surface area contributed by atoms with Crippen molar-refractivity contribution in [2.75, 3.05) is 0 Å². The predicted octanol–water partition coefficient (Wildman–Crippen LogP) is 3.67. The first-order valence-corrected chi connectivity index (χ1v) is 6.54. The Kier molecular flexibility index (Phi) is 3.17. The van der Waals surface area contributed by atoms with Crippen LogP contribution in [0.3, 0.4) is 0 Å². The van der Waals surface area contributed by atoms with Crippen LogP contribution in [0.1, 0.15) is 0 Å². The summed E-state index contributed by atoms with van der Waals surface area (Å²) in [6.07, 6.45) is 0. The number of halogens is 2. The van der Waals surface area contributed by atoms with Gasteiger partial charge >= 0.3 is 10.2 Å². The van der Waals surface area contributed by atoms with Crippen LogP contribution in [-0.4, -0.2) is 8.42 Å². The molecule has 88 valence electrons. The summed E-state index contributed by atoms with van der Waals surface area (Å²) in [5.74, 6) is 0. The van der Waals surface area contributed by atoms with Gasteiger partial charge in [0, 0.05) is 10.6 Å². The van der Waals surface area contributed by atoms with Crippen molar-refractivity contribution in [1.82, 2.24) is 0 Å². The monoisotopic (exact) mass is 270 g/mol. The average Bonchev–Trinajstić information content (AvgIpc) is 2.29. The molecule has 0 heterocycles. The van der Waals surface area contributed by atoms with Gasteiger partial charge in [0.15, 0.2) is 0 Å². The standard InChI is InChI=1S/C12H8ClFO2S/c13-10-6-7-11(9-4-2-1-3-5-9)12(8-10)17(14,15)16/h1-8H. The van der Waals surface area contributed by atoms with Gasteiger partial charge in [-0.15, -0.1) is 3.89 Å². The van der Waals surface area contributed by atoms with E-state index >= 15 is 0 Å². The molecular weight excluding hydrogens is 263 g/mol. The largest absolute Gasteiger partial charge is 0.332 e. The highest BCUT2D eigenvalue weighted by atomic mass is 35.5. The molecule has 2 rings (SSSR count). The van der Waals surface area contributed by atoms with Gasteiger partial charge < -0.3 is 0 Å². The molecule has 0 aliphatic heterocycles. The zero-order valence-electron chi connectivity index (χ0n) is 8.60. The molecule has 0 saturated heterocycles. The quantitative estimate of drug-likeness (QED) is 0.781. The Bertz CT molecular complexity index is 639. The molecule has 0 fully saturated rings. The minimum atomic E-state index is -4.79. The number of benzene rings is 2. The Balaban J connectivity index is 2.71. The van der Waals surface area contributed by atoms with E-state index in [0.717, 1.165) is 6.07 Å².